The van der Waals surface area contributed by atoms with Gasteiger partial charge in [0.15, 0.2) is 0 Å². The Labute approximate surface area is 148 Å². The molecule has 1 aromatic heterocycles. The number of H-pyrrole nitrogens is 1. The lowest BCUT2D eigenvalue weighted by Crippen LogP contribution is -2.44. The van der Waals surface area contributed by atoms with Crippen LogP contribution < -0.4 is 15.5 Å². The van der Waals surface area contributed by atoms with Crippen LogP contribution in [-0.2, 0) is 0 Å². The number of hydrogen-bond donors (Lipinski definition) is 3. The predicted octanol–water partition coefficient (Wildman–Crippen LogP) is 2.50. The normalized spacial score (nSPS) is 14.6. The molecule has 3 aromatic rings. The van der Waals surface area contributed by atoms with Gasteiger partial charge in [-0.15, -0.1) is 0 Å². The lowest BCUT2D eigenvalue weighted by Gasteiger charge is -2.30. The molecule has 0 spiro atoms. The van der Waals surface area contributed by atoms with Gasteiger partial charge in [-0.05, 0) is 24.3 Å². The first-order chi connectivity index (χ1) is 12.6. The van der Waals surface area contributed by atoms with Gasteiger partial charge in [-0.2, -0.15) is 5.10 Å². The zero-order valence-corrected chi connectivity index (χ0v) is 13.9. The van der Waals surface area contributed by atoms with E-state index in [4.69, 9.17) is 0 Å². The number of aromatic nitrogens is 2. The van der Waals surface area contributed by atoms with Gasteiger partial charge in [0.05, 0.1) is 23.0 Å². The highest BCUT2D eigenvalue weighted by Gasteiger charge is 2.21. The van der Waals surface area contributed by atoms with E-state index in [1.165, 1.54) is 6.07 Å². The maximum absolute atomic E-state index is 14.2. The fraction of sp³-hybridized carbons (Fsp3) is 0.222. The zero-order valence-electron chi connectivity index (χ0n) is 13.9. The molecule has 8 heteroatoms. The second-order valence-electron chi connectivity index (χ2n) is 6.15. The van der Waals surface area contributed by atoms with Gasteiger partial charge in [0.2, 0.25) is 0 Å². The number of nitrogens with one attached hydrogen (secondary N) is 3. The molecule has 3 N–H and O–H groups in total. The zero-order chi connectivity index (χ0) is 18.1. The van der Waals surface area contributed by atoms with Crippen molar-refractivity contribution in [3.63, 3.8) is 0 Å². The third-order valence-corrected chi connectivity index (χ3v) is 4.44. The van der Waals surface area contributed by atoms with Crippen LogP contribution in [0.2, 0.25) is 0 Å². The second kappa shape index (κ2) is 6.72. The van der Waals surface area contributed by atoms with Crippen molar-refractivity contribution < 1.29 is 13.6 Å². The van der Waals surface area contributed by atoms with Gasteiger partial charge in [-0.25, -0.2) is 8.78 Å². The van der Waals surface area contributed by atoms with Crippen molar-refractivity contribution >= 4 is 28.2 Å². The number of hydrogen-bond acceptors (Lipinski definition) is 4. The number of aromatic amines is 1. The van der Waals surface area contributed by atoms with E-state index in [2.05, 4.69) is 20.8 Å². The topological polar surface area (TPSA) is 73.0 Å². The summed E-state index contributed by atoms with van der Waals surface area (Å²) in [6, 6.07) is 7.25. The van der Waals surface area contributed by atoms with Crippen LogP contribution in [0.1, 0.15) is 10.4 Å². The first kappa shape index (κ1) is 16.5. The molecule has 0 atom stereocenters. The largest absolute Gasteiger partial charge is 0.367 e. The van der Waals surface area contributed by atoms with Crippen LogP contribution in [0.15, 0.2) is 36.5 Å². The summed E-state index contributed by atoms with van der Waals surface area (Å²) in [6.07, 6.45) is 1.67. The van der Waals surface area contributed by atoms with Gasteiger partial charge in [0.1, 0.15) is 11.6 Å². The molecule has 2 heterocycles. The molecule has 6 nitrogen and oxygen atoms in total. The number of halogens is 2. The van der Waals surface area contributed by atoms with E-state index in [1.807, 2.05) is 0 Å². The van der Waals surface area contributed by atoms with E-state index in [9.17, 15) is 13.6 Å². The maximum Gasteiger partial charge on any atom is 0.258 e. The van der Waals surface area contributed by atoms with Crippen LogP contribution in [0.5, 0.6) is 0 Å². The van der Waals surface area contributed by atoms with Crippen molar-refractivity contribution in [2.24, 2.45) is 0 Å². The minimum atomic E-state index is -0.887. The summed E-state index contributed by atoms with van der Waals surface area (Å²) in [5.74, 6) is -2.18. The molecule has 1 aliphatic heterocycles. The molecule has 26 heavy (non-hydrogen) atoms. The third kappa shape index (κ3) is 3.11. The molecule has 0 aliphatic carbocycles. The van der Waals surface area contributed by atoms with E-state index in [0.717, 1.165) is 17.0 Å². The van der Waals surface area contributed by atoms with Gasteiger partial charge in [-0.1, -0.05) is 0 Å². The average molecular weight is 357 g/mol. The quantitative estimate of drug-likeness (QED) is 0.673. The molecule has 2 aromatic carbocycles. The monoisotopic (exact) mass is 357 g/mol. The summed E-state index contributed by atoms with van der Waals surface area (Å²) in [5, 5.41) is 13.4. The number of anilines is 2. The van der Waals surface area contributed by atoms with E-state index >= 15 is 0 Å². The molecule has 1 fully saturated rings. The SMILES string of the molecule is O=C(Nc1ccc2cn[nH]c2c1)c1cc(N2CCNCC2)c(F)cc1F. The van der Waals surface area contributed by atoms with E-state index in [1.54, 1.807) is 29.3 Å². The number of benzene rings is 2. The molecule has 134 valence electrons. The smallest absolute Gasteiger partial charge is 0.258 e. The first-order valence-electron chi connectivity index (χ1n) is 8.31. The van der Waals surface area contributed by atoms with Gasteiger partial charge >= 0.3 is 0 Å². The highest BCUT2D eigenvalue weighted by Crippen LogP contribution is 2.25. The molecule has 0 unspecified atom stereocenters. The van der Waals surface area contributed by atoms with Crippen molar-refractivity contribution in [1.82, 2.24) is 15.5 Å². The predicted molar refractivity (Wildman–Crippen MR) is 95.5 cm³/mol. The number of nitrogens with zero attached hydrogens (tertiary/aromatic N) is 2. The van der Waals surface area contributed by atoms with Crippen molar-refractivity contribution in [1.29, 1.82) is 0 Å². The highest BCUT2D eigenvalue weighted by atomic mass is 19.1. The van der Waals surface area contributed by atoms with Crippen LogP contribution in [0, 0.1) is 11.6 Å². The number of fused-ring (bicyclic) bond motifs is 1. The van der Waals surface area contributed by atoms with E-state index < -0.39 is 17.5 Å². The molecule has 0 saturated carbocycles. The molecule has 1 aliphatic rings. The van der Waals surface area contributed by atoms with Crippen molar-refractivity contribution in [3.05, 3.63) is 53.7 Å². The fourth-order valence-electron chi connectivity index (χ4n) is 3.07. The van der Waals surface area contributed by atoms with Crippen LogP contribution in [0.25, 0.3) is 10.9 Å². The van der Waals surface area contributed by atoms with Crippen LogP contribution in [-0.4, -0.2) is 42.3 Å². The van der Waals surface area contributed by atoms with Crippen molar-refractivity contribution in [2.75, 3.05) is 36.4 Å². The summed E-state index contributed by atoms with van der Waals surface area (Å²) >= 11 is 0. The van der Waals surface area contributed by atoms with Crippen molar-refractivity contribution in [2.45, 2.75) is 0 Å². The van der Waals surface area contributed by atoms with Gasteiger partial charge in [0.25, 0.3) is 5.91 Å². The molecule has 4 rings (SSSR count). The molecular formula is C18H17F2N5O. The summed E-state index contributed by atoms with van der Waals surface area (Å²) < 4.78 is 28.4. The Kier molecular flexibility index (Phi) is 4.26. The average Bonchev–Trinajstić information content (AvgIpc) is 3.10. The van der Waals surface area contributed by atoms with Gasteiger partial charge < -0.3 is 15.5 Å². The standard InChI is InChI=1S/C18H17F2N5O/c19-14-9-15(20)17(25-5-3-21-4-6-25)8-13(14)18(26)23-12-2-1-11-10-22-24-16(11)7-12/h1-2,7-10,21H,3-6H2,(H,22,24)(H,23,26). The van der Waals surface area contributed by atoms with E-state index in [-0.39, 0.29) is 11.3 Å². The summed E-state index contributed by atoms with van der Waals surface area (Å²) in [6.45, 7) is 2.62. The lowest BCUT2D eigenvalue weighted by molar-refractivity contribution is 0.102. The Bertz CT molecular complexity index is 965. The maximum atomic E-state index is 14.2. The Morgan fingerprint density at radius 3 is 2.73 bits per heavy atom. The molecule has 1 amide bonds. The number of amides is 1. The molecule has 0 bridgehead atoms. The van der Waals surface area contributed by atoms with Gasteiger partial charge in [-0.3, -0.25) is 9.89 Å². The Hall–Kier alpha value is -3.00. The first-order valence-corrected chi connectivity index (χ1v) is 8.31. The number of piperazine rings is 1. The van der Waals surface area contributed by atoms with Crippen LogP contribution in [0.4, 0.5) is 20.2 Å². The highest BCUT2D eigenvalue weighted by molar-refractivity contribution is 6.05. The Morgan fingerprint density at radius 2 is 1.92 bits per heavy atom. The van der Waals surface area contributed by atoms with Crippen molar-refractivity contribution in [3.8, 4) is 0 Å². The molecular weight excluding hydrogens is 340 g/mol. The summed E-state index contributed by atoms with van der Waals surface area (Å²) in [7, 11) is 0. The Morgan fingerprint density at radius 1 is 1.12 bits per heavy atom. The summed E-state index contributed by atoms with van der Waals surface area (Å²) in [4.78, 5) is 14.3. The lowest BCUT2D eigenvalue weighted by atomic mass is 10.1. The second-order valence-corrected chi connectivity index (χ2v) is 6.15. The Balaban J connectivity index is 1.61. The fourth-order valence-corrected chi connectivity index (χ4v) is 3.07. The van der Waals surface area contributed by atoms with Crippen LogP contribution in [0.3, 0.4) is 0 Å². The summed E-state index contributed by atoms with van der Waals surface area (Å²) in [5.41, 5.74) is 1.30. The third-order valence-electron chi connectivity index (χ3n) is 4.44. The van der Waals surface area contributed by atoms with Gasteiger partial charge in [0, 0.05) is 43.3 Å². The minimum Gasteiger partial charge on any atom is -0.367 e. The van der Waals surface area contributed by atoms with Crippen LogP contribution >= 0.6 is 0 Å². The van der Waals surface area contributed by atoms with E-state index in [0.29, 0.717) is 31.9 Å². The number of rotatable bonds is 3. The molecule has 1 saturated heterocycles. The minimum absolute atomic E-state index is 0.190. The molecule has 0 radical (unpaired) electrons. The number of carbonyl (C=O) groups is 1. The number of carbonyl (C=O) groups excluding carboxylic acids is 1.